The third kappa shape index (κ3) is 2.90. The number of hydrogen-bond donors (Lipinski definition) is 1. The Bertz CT molecular complexity index is 654. The van der Waals surface area contributed by atoms with E-state index in [1.54, 1.807) is 12.1 Å². The van der Waals surface area contributed by atoms with Crippen LogP contribution in [-0.4, -0.2) is 22.1 Å². The Morgan fingerprint density at radius 1 is 1.37 bits per heavy atom. The molecule has 0 atom stereocenters. The number of rotatable bonds is 2. The van der Waals surface area contributed by atoms with Crippen LogP contribution in [0.15, 0.2) is 24.4 Å². The van der Waals surface area contributed by atoms with Crippen LogP contribution in [0.4, 0.5) is 13.2 Å². The van der Waals surface area contributed by atoms with E-state index < -0.39 is 11.9 Å². The molecule has 0 amide bonds. The van der Waals surface area contributed by atoms with Crippen molar-refractivity contribution in [1.82, 2.24) is 15.0 Å². The number of methoxy groups -OCH3 is 1. The van der Waals surface area contributed by atoms with E-state index in [0.717, 1.165) is 6.07 Å². The highest BCUT2D eigenvalue weighted by molar-refractivity contribution is 7.71. The zero-order chi connectivity index (χ0) is 14.0. The summed E-state index contributed by atoms with van der Waals surface area (Å²) in [5.74, 6) is 0.323. The van der Waals surface area contributed by atoms with Crippen LogP contribution in [0, 0.1) is 4.77 Å². The van der Waals surface area contributed by atoms with Crippen molar-refractivity contribution >= 4 is 12.2 Å². The van der Waals surface area contributed by atoms with E-state index in [1.165, 1.54) is 13.3 Å². The molecule has 0 bridgehead atoms. The van der Waals surface area contributed by atoms with Crippen LogP contribution in [0.25, 0.3) is 11.4 Å². The van der Waals surface area contributed by atoms with E-state index in [1.807, 2.05) is 4.98 Å². The SMILES string of the molecule is COc1cccnc1-c1cc(C(F)(F)F)[nH]c(=S)n1. The predicted molar refractivity (Wildman–Crippen MR) is 64.2 cm³/mol. The average Bonchev–Trinajstić information content (AvgIpc) is 2.37. The monoisotopic (exact) mass is 287 g/mol. The number of nitrogens with zero attached hydrogens (tertiary/aromatic N) is 2. The fourth-order valence-corrected chi connectivity index (χ4v) is 1.69. The molecule has 8 heteroatoms. The largest absolute Gasteiger partial charge is 0.494 e. The lowest BCUT2D eigenvalue weighted by Crippen LogP contribution is -2.09. The molecule has 2 rings (SSSR count). The average molecular weight is 287 g/mol. The second-order valence-electron chi connectivity index (χ2n) is 3.54. The molecule has 0 aliphatic heterocycles. The van der Waals surface area contributed by atoms with Gasteiger partial charge in [-0.1, -0.05) is 0 Å². The zero-order valence-electron chi connectivity index (χ0n) is 9.65. The summed E-state index contributed by atoms with van der Waals surface area (Å²) in [4.78, 5) is 9.82. The first-order valence-electron chi connectivity index (χ1n) is 5.10. The van der Waals surface area contributed by atoms with Gasteiger partial charge in [0.1, 0.15) is 17.1 Å². The van der Waals surface area contributed by atoms with E-state index in [-0.39, 0.29) is 16.2 Å². The van der Waals surface area contributed by atoms with Crippen molar-refractivity contribution in [3.05, 3.63) is 34.9 Å². The van der Waals surface area contributed by atoms with Crippen LogP contribution in [0.2, 0.25) is 0 Å². The minimum absolute atomic E-state index is 0.00789. The number of aromatic nitrogens is 3. The Labute approximate surface area is 111 Å². The van der Waals surface area contributed by atoms with E-state index in [4.69, 9.17) is 17.0 Å². The molecule has 19 heavy (non-hydrogen) atoms. The zero-order valence-corrected chi connectivity index (χ0v) is 10.5. The third-order valence-electron chi connectivity index (χ3n) is 2.28. The van der Waals surface area contributed by atoms with Crippen molar-refractivity contribution in [3.63, 3.8) is 0 Å². The smallest absolute Gasteiger partial charge is 0.431 e. The fourth-order valence-electron chi connectivity index (χ4n) is 1.48. The van der Waals surface area contributed by atoms with Crippen molar-refractivity contribution in [1.29, 1.82) is 0 Å². The molecule has 4 nitrogen and oxygen atoms in total. The highest BCUT2D eigenvalue weighted by Crippen LogP contribution is 2.31. The number of nitrogens with one attached hydrogen (secondary N) is 1. The molecule has 0 aliphatic rings. The van der Waals surface area contributed by atoms with Crippen LogP contribution in [0.3, 0.4) is 0 Å². The lowest BCUT2D eigenvalue weighted by molar-refractivity contribution is -0.141. The Morgan fingerprint density at radius 2 is 2.11 bits per heavy atom. The molecule has 2 heterocycles. The molecular weight excluding hydrogens is 279 g/mol. The standard InChI is InChI=1S/C11H8F3N3OS/c1-18-7-3-2-4-15-9(7)6-5-8(11(12,13)14)17-10(19)16-6/h2-5H,1H3,(H,16,17,19). The number of halogens is 3. The number of aromatic amines is 1. The van der Waals surface area contributed by atoms with Gasteiger partial charge in [0.05, 0.1) is 12.8 Å². The van der Waals surface area contributed by atoms with Gasteiger partial charge in [0.15, 0.2) is 4.77 Å². The van der Waals surface area contributed by atoms with Gasteiger partial charge < -0.3 is 9.72 Å². The maximum Gasteiger partial charge on any atom is 0.431 e. The van der Waals surface area contributed by atoms with Gasteiger partial charge in [-0.15, -0.1) is 0 Å². The van der Waals surface area contributed by atoms with Crippen LogP contribution < -0.4 is 4.74 Å². The Hall–Kier alpha value is -1.96. The molecule has 0 fully saturated rings. The summed E-state index contributed by atoms with van der Waals surface area (Å²) in [6, 6.07) is 4.04. The quantitative estimate of drug-likeness (QED) is 0.862. The van der Waals surface area contributed by atoms with Crippen molar-refractivity contribution in [2.24, 2.45) is 0 Å². The molecule has 0 saturated carbocycles. The first kappa shape index (κ1) is 13.5. The Morgan fingerprint density at radius 3 is 2.74 bits per heavy atom. The number of ether oxygens (including phenoxy) is 1. The van der Waals surface area contributed by atoms with E-state index in [9.17, 15) is 13.2 Å². The summed E-state index contributed by atoms with van der Waals surface area (Å²) in [6.45, 7) is 0. The molecule has 0 aliphatic carbocycles. The molecule has 0 unspecified atom stereocenters. The highest BCUT2D eigenvalue weighted by Gasteiger charge is 2.32. The molecule has 2 aromatic rings. The number of pyridine rings is 1. The Balaban J connectivity index is 2.63. The molecule has 2 aromatic heterocycles. The van der Waals surface area contributed by atoms with E-state index in [0.29, 0.717) is 5.75 Å². The van der Waals surface area contributed by atoms with Crippen molar-refractivity contribution in [2.75, 3.05) is 7.11 Å². The van der Waals surface area contributed by atoms with Gasteiger partial charge in [0, 0.05) is 6.20 Å². The van der Waals surface area contributed by atoms with Gasteiger partial charge in [-0.3, -0.25) is 4.98 Å². The first-order chi connectivity index (χ1) is 8.91. The normalized spacial score (nSPS) is 11.4. The van der Waals surface area contributed by atoms with Crippen LogP contribution in [-0.2, 0) is 6.18 Å². The van der Waals surface area contributed by atoms with Crippen LogP contribution in [0.5, 0.6) is 5.75 Å². The summed E-state index contributed by atoms with van der Waals surface area (Å²) in [7, 11) is 1.40. The van der Waals surface area contributed by atoms with Gasteiger partial charge >= 0.3 is 6.18 Å². The molecular formula is C11H8F3N3OS. The number of alkyl halides is 3. The third-order valence-corrected chi connectivity index (χ3v) is 2.48. The minimum Gasteiger partial charge on any atom is -0.494 e. The first-order valence-corrected chi connectivity index (χ1v) is 5.50. The Kier molecular flexibility index (Phi) is 3.52. The lowest BCUT2D eigenvalue weighted by Gasteiger charge is -2.10. The molecule has 0 spiro atoms. The van der Waals surface area contributed by atoms with Gasteiger partial charge in [-0.25, -0.2) is 4.98 Å². The number of H-pyrrole nitrogens is 1. The van der Waals surface area contributed by atoms with Gasteiger partial charge in [0.2, 0.25) is 0 Å². The maximum absolute atomic E-state index is 12.7. The minimum atomic E-state index is -4.53. The summed E-state index contributed by atoms with van der Waals surface area (Å²) < 4.78 is 42.8. The molecule has 0 saturated heterocycles. The number of hydrogen-bond acceptors (Lipinski definition) is 4. The van der Waals surface area contributed by atoms with E-state index in [2.05, 4.69) is 9.97 Å². The van der Waals surface area contributed by atoms with Crippen molar-refractivity contribution < 1.29 is 17.9 Å². The summed E-state index contributed by atoms with van der Waals surface area (Å²) in [6.07, 6.45) is -3.10. The van der Waals surface area contributed by atoms with Crippen LogP contribution >= 0.6 is 12.2 Å². The lowest BCUT2D eigenvalue weighted by atomic mass is 10.2. The van der Waals surface area contributed by atoms with Crippen molar-refractivity contribution in [3.8, 4) is 17.1 Å². The van der Waals surface area contributed by atoms with Crippen molar-refractivity contribution in [2.45, 2.75) is 6.18 Å². The van der Waals surface area contributed by atoms with E-state index >= 15 is 0 Å². The van der Waals surface area contributed by atoms with Gasteiger partial charge in [-0.2, -0.15) is 13.2 Å². The molecule has 0 aromatic carbocycles. The second-order valence-corrected chi connectivity index (χ2v) is 3.92. The highest BCUT2D eigenvalue weighted by atomic mass is 32.1. The summed E-state index contributed by atoms with van der Waals surface area (Å²) in [5.41, 5.74) is -0.765. The molecule has 0 radical (unpaired) electrons. The molecule has 1 N–H and O–H groups in total. The molecule has 100 valence electrons. The van der Waals surface area contributed by atoms with Gasteiger partial charge in [-0.05, 0) is 30.4 Å². The van der Waals surface area contributed by atoms with Crippen LogP contribution in [0.1, 0.15) is 5.69 Å². The summed E-state index contributed by atoms with van der Waals surface area (Å²) in [5, 5.41) is 0. The van der Waals surface area contributed by atoms with Gasteiger partial charge in [0.25, 0.3) is 0 Å². The summed E-state index contributed by atoms with van der Waals surface area (Å²) >= 11 is 4.70. The topological polar surface area (TPSA) is 50.8 Å². The predicted octanol–water partition coefficient (Wildman–Crippen LogP) is 3.23. The fraction of sp³-hybridized carbons (Fsp3) is 0.182. The second kappa shape index (κ2) is 4.96. The maximum atomic E-state index is 12.7.